The molecule has 3 rings (SSSR count). The van der Waals surface area contributed by atoms with E-state index >= 15 is 0 Å². The molecule has 1 atom stereocenters. The zero-order chi connectivity index (χ0) is 26.1. The lowest BCUT2D eigenvalue weighted by Crippen LogP contribution is -2.44. The molecule has 1 aromatic heterocycles. The summed E-state index contributed by atoms with van der Waals surface area (Å²) in [6.45, 7) is 5.78. The molecule has 7 nitrogen and oxygen atoms in total. The van der Waals surface area contributed by atoms with Gasteiger partial charge in [0, 0.05) is 43.1 Å². The minimum absolute atomic E-state index is 0.179. The van der Waals surface area contributed by atoms with Gasteiger partial charge in [-0.2, -0.15) is 0 Å². The third-order valence-corrected chi connectivity index (χ3v) is 7.38. The highest BCUT2D eigenvalue weighted by Gasteiger charge is 2.23. The second-order valence-corrected chi connectivity index (χ2v) is 11.3. The van der Waals surface area contributed by atoms with E-state index in [4.69, 9.17) is 16.3 Å². The van der Waals surface area contributed by atoms with Gasteiger partial charge in [-0.15, -0.1) is 0 Å². The predicted molar refractivity (Wildman–Crippen MR) is 141 cm³/mol. The van der Waals surface area contributed by atoms with E-state index in [2.05, 4.69) is 28.5 Å². The topological polar surface area (TPSA) is 88.6 Å². The quantitative estimate of drug-likeness (QED) is 0.335. The molecule has 1 unspecified atom stereocenters. The van der Waals surface area contributed by atoms with Gasteiger partial charge in [0.1, 0.15) is 0 Å². The van der Waals surface area contributed by atoms with Gasteiger partial charge in [0.15, 0.2) is 0 Å². The molecule has 0 aliphatic carbocycles. The van der Waals surface area contributed by atoms with E-state index in [9.17, 15) is 13.2 Å². The number of nitrogens with one attached hydrogen (secondary N) is 1. The van der Waals surface area contributed by atoms with Gasteiger partial charge in [-0.3, -0.25) is 9.88 Å². The molecule has 0 aliphatic heterocycles. The number of nitrogens with zero attached hydrogens (tertiary/aromatic N) is 2. The van der Waals surface area contributed by atoms with Crippen LogP contribution in [-0.2, 0) is 27.8 Å². The zero-order valence-electron chi connectivity index (χ0n) is 20.7. The molecular weight excluding hydrogens is 498 g/mol. The Morgan fingerprint density at radius 3 is 2.28 bits per heavy atom. The van der Waals surface area contributed by atoms with E-state index in [0.717, 1.165) is 11.1 Å². The maximum atomic E-state index is 13.1. The second-order valence-electron chi connectivity index (χ2n) is 9.12. The molecule has 1 heterocycles. The van der Waals surface area contributed by atoms with E-state index in [1.54, 1.807) is 30.5 Å². The van der Waals surface area contributed by atoms with Gasteiger partial charge in [-0.25, -0.2) is 17.9 Å². The number of carbonyl (C=O) groups excluding carboxylic acids is 1. The predicted octanol–water partition coefficient (Wildman–Crippen LogP) is 4.92. The van der Waals surface area contributed by atoms with E-state index in [1.165, 1.54) is 19.2 Å². The van der Waals surface area contributed by atoms with Gasteiger partial charge in [-0.1, -0.05) is 43.6 Å². The number of aromatic nitrogens is 1. The SMILES string of the molecule is COC(=O)c1ccc(CN(Cc2cccnc2)CC(CC(C)C)NS(=O)(=O)c2ccc(Cl)cc2)cc1. The summed E-state index contributed by atoms with van der Waals surface area (Å²) in [6, 6.07) is 17.0. The maximum Gasteiger partial charge on any atom is 0.337 e. The molecule has 9 heteroatoms. The molecule has 36 heavy (non-hydrogen) atoms. The first-order valence-corrected chi connectivity index (χ1v) is 13.6. The molecule has 3 aromatic rings. The smallest absolute Gasteiger partial charge is 0.337 e. The standard InChI is InChI=1S/C27H32ClN3O4S/c1-20(2)15-25(30-36(33,34)26-12-10-24(28)11-13-26)19-31(18-22-5-4-14-29-16-22)17-21-6-8-23(9-7-21)27(32)35-3/h4-14,16,20,25,30H,15,17-19H2,1-3H3. The monoisotopic (exact) mass is 529 g/mol. The van der Waals surface area contributed by atoms with Gasteiger partial charge in [0.2, 0.25) is 10.0 Å². The fraction of sp³-hybridized carbons (Fsp3) is 0.333. The number of sulfonamides is 1. The lowest BCUT2D eigenvalue weighted by Gasteiger charge is -2.29. The Hall–Kier alpha value is -2.78. The van der Waals surface area contributed by atoms with Crippen molar-refractivity contribution in [2.45, 2.75) is 44.3 Å². The average Bonchev–Trinajstić information content (AvgIpc) is 2.84. The molecular formula is C27H32ClN3O4S. The minimum atomic E-state index is -3.73. The maximum absolute atomic E-state index is 13.1. The number of methoxy groups -OCH3 is 1. The summed E-state index contributed by atoms with van der Waals surface area (Å²) in [5, 5.41) is 0.480. The first-order valence-electron chi connectivity index (χ1n) is 11.7. The molecule has 0 saturated carbocycles. The van der Waals surface area contributed by atoms with Crippen LogP contribution in [0.4, 0.5) is 0 Å². The second kappa shape index (κ2) is 13.0. The van der Waals surface area contributed by atoms with Crippen LogP contribution in [0.3, 0.4) is 0 Å². The Morgan fingerprint density at radius 1 is 1.03 bits per heavy atom. The fourth-order valence-corrected chi connectivity index (χ4v) is 5.37. The number of hydrogen-bond acceptors (Lipinski definition) is 6. The number of esters is 1. The largest absolute Gasteiger partial charge is 0.465 e. The van der Waals surface area contributed by atoms with E-state index in [1.807, 2.05) is 30.5 Å². The van der Waals surface area contributed by atoms with Gasteiger partial charge < -0.3 is 4.74 Å². The third kappa shape index (κ3) is 8.41. The zero-order valence-corrected chi connectivity index (χ0v) is 22.3. The van der Waals surface area contributed by atoms with Crippen molar-refractivity contribution in [2.24, 2.45) is 5.92 Å². The first kappa shape index (κ1) is 27.8. The van der Waals surface area contributed by atoms with Gasteiger partial charge in [0.05, 0.1) is 17.6 Å². The van der Waals surface area contributed by atoms with E-state index < -0.39 is 10.0 Å². The first-order chi connectivity index (χ1) is 17.2. The van der Waals surface area contributed by atoms with Crippen LogP contribution < -0.4 is 4.72 Å². The van der Waals surface area contributed by atoms with Crippen molar-refractivity contribution in [3.05, 3.63) is 94.8 Å². The normalized spacial score (nSPS) is 12.6. The summed E-state index contributed by atoms with van der Waals surface area (Å²) < 4.78 is 34.0. The van der Waals surface area contributed by atoms with Crippen LogP contribution in [0.25, 0.3) is 0 Å². The highest BCUT2D eigenvalue weighted by molar-refractivity contribution is 7.89. The molecule has 0 radical (unpaired) electrons. The highest BCUT2D eigenvalue weighted by Crippen LogP contribution is 2.18. The number of ether oxygens (including phenoxy) is 1. The van der Waals surface area contributed by atoms with E-state index in [0.29, 0.717) is 36.6 Å². The van der Waals surface area contributed by atoms with Crippen LogP contribution in [0.2, 0.25) is 5.02 Å². The summed E-state index contributed by atoms with van der Waals surface area (Å²) in [4.78, 5) is 18.4. The van der Waals surface area contributed by atoms with Crippen LogP contribution >= 0.6 is 11.6 Å². The van der Waals surface area contributed by atoms with Crippen molar-refractivity contribution < 1.29 is 17.9 Å². The fourth-order valence-electron chi connectivity index (χ4n) is 4.00. The number of carbonyl (C=O) groups is 1. The Bertz CT molecular complexity index is 1220. The van der Waals surface area contributed by atoms with Crippen LogP contribution in [0.15, 0.2) is 78.0 Å². The van der Waals surface area contributed by atoms with Crippen molar-refractivity contribution in [1.82, 2.24) is 14.6 Å². The molecule has 0 fully saturated rings. The van der Waals surface area contributed by atoms with Gasteiger partial charge in [0.25, 0.3) is 0 Å². The van der Waals surface area contributed by atoms with Crippen molar-refractivity contribution in [3.63, 3.8) is 0 Å². The number of halogens is 1. The Labute approximate surface area is 218 Å². The average molecular weight is 530 g/mol. The summed E-state index contributed by atoms with van der Waals surface area (Å²) in [5.74, 6) is -0.107. The Morgan fingerprint density at radius 2 is 1.69 bits per heavy atom. The van der Waals surface area contributed by atoms with Crippen molar-refractivity contribution in [3.8, 4) is 0 Å². The number of rotatable bonds is 12. The molecule has 0 saturated heterocycles. The van der Waals surface area contributed by atoms with Crippen molar-refractivity contribution in [1.29, 1.82) is 0 Å². The molecule has 1 N–H and O–H groups in total. The van der Waals surface area contributed by atoms with Gasteiger partial charge in [-0.05, 0) is 65.9 Å². The summed E-state index contributed by atoms with van der Waals surface area (Å²) in [5.41, 5.74) is 2.50. The molecule has 0 spiro atoms. The minimum Gasteiger partial charge on any atom is -0.465 e. The van der Waals surface area contributed by atoms with Crippen LogP contribution in [-0.4, -0.2) is 44.0 Å². The summed E-state index contributed by atoms with van der Waals surface area (Å²) >= 11 is 5.94. The Kier molecular flexibility index (Phi) is 10.0. The number of hydrogen-bond donors (Lipinski definition) is 1. The van der Waals surface area contributed by atoms with Crippen molar-refractivity contribution >= 4 is 27.6 Å². The number of pyridine rings is 1. The lowest BCUT2D eigenvalue weighted by atomic mass is 10.0. The molecule has 192 valence electrons. The highest BCUT2D eigenvalue weighted by atomic mass is 35.5. The van der Waals surface area contributed by atoms with Crippen LogP contribution in [0.5, 0.6) is 0 Å². The van der Waals surface area contributed by atoms with Crippen LogP contribution in [0.1, 0.15) is 41.8 Å². The lowest BCUT2D eigenvalue weighted by molar-refractivity contribution is 0.0600. The number of benzene rings is 2. The van der Waals surface area contributed by atoms with Crippen molar-refractivity contribution in [2.75, 3.05) is 13.7 Å². The van der Waals surface area contributed by atoms with Crippen LogP contribution in [0, 0.1) is 5.92 Å². The molecule has 0 aliphatic rings. The molecule has 2 aromatic carbocycles. The molecule has 0 bridgehead atoms. The molecule has 0 amide bonds. The summed E-state index contributed by atoms with van der Waals surface area (Å²) in [7, 11) is -2.38. The van der Waals surface area contributed by atoms with Gasteiger partial charge >= 0.3 is 5.97 Å². The summed E-state index contributed by atoms with van der Waals surface area (Å²) in [6.07, 6.45) is 4.20. The Balaban J connectivity index is 1.83. The third-order valence-electron chi connectivity index (χ3n) is 5.59. The van der Waals surface area contributed by atoms with E-state index in [-0.39, 0.29) is 22.8 Å².